The standard InChI is InChI=1S/C10H19N3/c1-8(2)5-6-11-10-7-9(3)12-13(10)4/h7-8,11H,5-6H2,1-4H3. The van der Waals surface area contributed by atoms with E-state index in [4.69, 9.17) is 0 Å². The second kappa shape index (κ2) is 4.30. The SMILES string of the molecule is Cc1cc(NCCC(C)C)n(C)n1. The predicted octanol–water partition coefficient (Wildman–Crippen LogP) is 2.19. The maximum absolute atomic E-state index is 4.26. The van der Waals surface area contributed by atoms with Crippen LogP contribution in [0.1, 0.15) is 26.0 Å². The second-order valence-corrected chi connectivity index (χ2v) is 3.90. The third-order valence-electron chi connectivity index (χ3n) is 2.03. The van der Waals surface area contributed by atoms with Gasteiger partial charge in [-0.05, 0) is 19.3 Å². The van der Waals surface area contributed by atoms with Crippen molar-refractivity contribution in [3.05, 3.63) is 11.8 Å². The van der Waals surface area contributed by atoms with Gasteiger partial charge in [-0.2, -0.15) is 5.10 Å². The van der Waals surface area contributed by atoms with Crippen LogP contribution in [0.15, 0.2) is 6.07 Å². The summed E-state index contributed by atoms with van der Waals surface area (Å²) in [7, 11) is 1.96. The Morgan fingerprint density at radius 1 is 1.54 bits per heavy atom. The first-order valence-electron chi connectivity index (χ1n) is 4.84. The lowest BCUT2D eigenvalue weighted by atomic mass is 10.1. The molecule has 0 saturated carbocycles. The van der Waals surface area contributed by atoms with Gasteiger partial charge in [0.05, 0.1) is 5.69 Å². The fourth-order valence-corrected chi connectivity index (χ4v) is 1.26. The first kappa shape index (κ1) is 10.1. The van der Waals surface area contributed by atoms with Gasteiger partial charge < -0.3 is 5.32 Å². The molecule has 0 aliphatic rings. The highest BCUT2D eigenvalue weighted by Crippen LogP contribution is 2.08. The van der Waals surface area contributed by atoms with Gasteiger partial charge in [0.25, 0.3) is 0 Å². The fraction of sp³-hybridized carbons (Fsp3) is 0.700. The zero-order valence-corrected chi connectivity index (χ0v) is 8.96. The van der Waals surface area contributed by atoms with E-state index in [1.165, 1.54) is 6.42 Å². The molecule has 0 saturated heterocycles. The van der Waals surface area contributed by atoms with E-state index in [-0.39, 0.29) is 0 Å². The average molecular weight is 181 g/mol. The Kier molecular flexibility index (Phi) is 3.34. The maximum atomic E-state index is 4.26. The number of anilines is 1. The molecule has 0 spiro atoms. The summed E-state index contributed by atoms with van der Waals surface area (Å²) in [6.45, 7) is 7.50. The van der Waals surface area contributed by atoms with Gasteiger partial charge in [-0.25, -0.2) is 0 Å². The van der Waals surface area contributed by atoms with E-state index in [2.05, 4.69) is 30.3 Å². The Morgan fingerprint density at radius 3 is 2.69 bits per heavy atom. The molecule has 0 bridgehead atoms. The second-order valence-electron chi connectivity index (χ2n) is 3.90. The van der Waals surface area contributed by atoms with Crippen LogP contribution >= 0.6 is 0 Å². The molecule has 3 nitrogen and oxygen atoms in total. The minimum Gasteiger partial charge on any atom is -0.370 e. The Morgan fingerprint density at radius 2 is 2.23 bits per heavy atom. The highest BCUT2D eigenvalue weighted by Gasteiger charge is 2.00. The fourth-order valence-electron chi connectivity index (χ4n) is 1.26. The number of nitrogens with one attached hydrogen (secondary N) is 1. The van der Waals surface area contributed by atoms with Crippen molar-refractivity contribution in [2.24, 2.45) is 13.0 Å². The summed E-state index contributed by atoms with van der Waals surface area (Å²) >= 11 is 0. The van der Waals surface area contributed by atoms with Gasteiger partial charge in [0, 0.05) is 19.7 Å². The molecule has 3 heteroatoms. The number of nitrogens with zero attached hydrogens (tertiary/aromatic N) is 2. The van der Waals surface area contributed by atoms with E-state index < -0.39 is 0 Å². The molecule has 0 unspecified atom stereocenters. The summed E-state index contributed by atoms with van der Waals surface area (Å²) < 4.78 is 1.88. The van der Waals surface area contributed by atoms with Crippen LogP contribution < -0.4 is 5.32 Å². The molecule has 0 amide bonds. The molecule has 0 aromatic carbocycles. The number of hydrogen-bond donors (Lipinski definition) is 1. The third kappa shape index (κ3) is 3.09. The van der Waals surface area contributed by atoms with Gasteiger partial charge in [-0.15, -0.1) is 0 Å². The first-order chi connectivity index (χ1) is 6.09. The number of aryl methyl sites for hydroxylation is 2. The monoisotopic (exact) mass is 181 g/mol. The van der Waals surface area contributed by atoms with E-state index in [1.54, 1.807) is 0 Å². The molecule has 0 fully saturated rings. The summed E-state index contributed by atoms with van der Waals surface area (Å²) in [5.74, 6) is 1.86. The molecule has 1 rings (SSSR count). The smallest absolute Gasteiger partial charge is 0.124 e. The van der Waals surface area contributed by atoms with E-state index in [0.717, 1.165) is 24.0 Å². The van der Waals surface area contributed by atoms with Crippen molar-refractivity contribution < 1.29 is 0 Å². The lowest BCUT2D eigenvalue weighted by Gasteiger charge is -2.07. The van der Waals surface area contributed by atoms with Gasteiger partial charge in [-0.3, -0.25) is 4.68 Å². The van der Waals surface area contributed by atoms with Crippen molar-refractivity contribution in [1.82, 2.24) is 9.78 Å². The van der Waals surface area contributed by atoms with Crippen molar-refractivity contribution in [2.45, 2.75) is 27.2 Å². The van der Waals surface area contributed by atoms with Crippen molar-refractivity contribution >= 4 is 5.82 Å². The van der Waals surface area contributed by atoms with Crippen LogP contribution in [-0.4, -0.2) is 16.3 Å². The quantitative estimate of drug-likeness (QED) is 0.771. The van der Waals surface area contributed by atoms with Crippen LogP contribution in [0.25, 0.3) is 0 Å². The third-order valence-corrected chi connectivity index (χ3v) is 2.03. The highest BCUT2D eigenvalue weighted by molar-refractivity contribution is 5.36. The molecule has 1 aromatic heterocycles. The van der Waals surface area contributed by atoms with Gasteiger partial charge in [0.1, 0.15) is 5.82 Å². The zero-order chi connectivity index (χ0) is 9.84. The molecule has 0 aliphatic carbocycles. The Labute approximate surface area is 80.1 Å². The Hall–Kier alpha value is -0.990. The van der Waals surface area contributed by atoms with Gasteiger partial charge in [-0.1, -0.05) is 13.8 Å². The predicted molar refractivity (Wildman–Crippen MR) is 55.9 cm³/mol. The van der Waals surface area contributed by atoms with Crippen molar-refractivity contribution in [3.8, 4) is 0 Å². The number of rotatable bonds is 4. The number of hydrogen-bond acceptors (Lipinski definition) is 2. The average Bonchev–Trinajstić information content (AvgIpc) is 2.29. The molecular weight excluding hydrogens is 162 g/mol. The molecule has 1 N–H and O–H groups in total. The van der Waals surface area contributed by atoms with Crippen LogP contribution in [0.4, 0.5) is 5.82 Å². The molecule has 0 atom stereocenters. The van der Waals surface area contributed by atoms with Crippen LogP contribution in [0, 0.1) is 12.8 Å². The van der Waals surface area contributed by atoms with Gasteiger partial charge in [0.2, 0.25) is 0 Å². The zero-order valence-electron chi connectivity index (χ0n) is 8.96. The highest BCUT2D eigenvalue weighted by atomic mass is 15.3. The molecular formula is C10H19N3. The van der Waals surface area contributed by atoms with E-state index >= 15 is 0 Å². The normalized spacial score (nSPS) is 10.8. The summed E-state index contributed by atoms with van der Waals surface area (Å²) in [4.78, 5) is 0. The summed E-state index contributed by atoms with van der Waals surface area (Å²) in [6.07, 6.45) is 1.20. The largest absolute Gasteiger partial charge is 0.370 e. The molecule has 13 heavy (non-hydrogen) atoms. The minimum atomic E-state index is 0.752. The summed E-state index contributed by atoms with van der Waals surface area (Å²) in [5.41, 5.74) is 1.06. The maximum Gasteiger partial charge on any atom is 0.124 e. The first-order valence-corrected chi connectivity index (χ1v) is 4.84. The van der Waals surface area contributed by atoms with E-state index in [9.17, 15) is 0 Å². The summed E-state index contributed by atoms with van der Waals surface area (Å²) in [6, 6.07) is 2.07. The van der Waals surface area contributed by atoms with Crippen molar-refractivity contribution in [2.75, 3.05) is 11.9 Å². The van der Waals surface area contributed by atoms with Crippen LogP contribution in [-0.2, 0) is 7.05 Å². The molecule has 74 valence electrons. The van der Waals surface area contributed by atoms with E-state index in [0.29, 0.717) is 0 Å². The number of aromatic nitrogens is 2. The van der Waals surface area contributed by atoms with Crippen LogP contribution in [0.3, 0.4) is 0 Å². The van der Waals surface area contributed by atoms with Crippen LogP contribution in [0.5, 0.6) is 0 Å². The van der Waals surface area contributed by atoms with Gasteiger partial charge >= 0.3 is 0 Å². The topological polar surface area (TPSA) is 29.9 Å². The Balaban J connectivity index is 2.40. The molecule has 1 heterocycles. The lowest BCUT2D eigenvalue weighted by molar-refractivity contribution is 0.604. The molecule has 1 aromatic rings. The van der Waals surface area contributed by atoms with Crippen molar-refractivity contribution in [3.63, 3.8) is 0 Å². The van der Waals surface area contributed by atoms with Gasteiger partial charge in [0.15, 0.2) is 0 Å². The summed E-state index contributed by atoms with van der Waals surface area (Å²) in [5, 5.41) is 7.63. The lowest BCUT2D eigenvalue weighted by Crippen LogP contribution is -2.08. The molecule has 0 radical (unpaired) electrons. The minimum absolute atomic E-state index is 0.752. The molecule has 0 aliphatic heterocycles. The Bertz CT molecular complexity index is 263. The van der Waals surface area contributed by atoms with Crippen LogP contribution in [0.2, 0.25) is 0 Å². The van der Waals surface area contributed by atoms with E-state index in [1.807, 2.05) is 18.7 Å². The van der Waals surface area contributed by atoms with Crippen molar-refractivity contribution in [1.29, 1.82) is 0 Å².